The van der Waals surface area contributed by atoms with E-state index in [1.165, 1.54) is 57.8 Å². The van der Waals surface area contributed by atoms with E-state index in [4.69, 9.17) is 0 Å². The third-order valence-electron chi connectivity index (χ3n) is 4.19. The minimum Gasteiger partial charge on any atom is -0.299 e. The fourth-order valence-corrected chi connectivity index (χ4v) is 2.47. The van der Waals surface area contributed by atoms with Crippen LogP contribution in [0.15, 0.2) is 24.3 Å². The Hall–Kier alpha value is -0.850. The maximum Gasteiger partial charge on any atom is 0.138 e. The van der Waals surface area contributed by atoms with Crippen molar-refractivity contribution in [2.45, 2.75) is 112 Å². The van der Waals surface area contributed by atoms with E-state index in [9.17, 15) is 4.79 Å². The SMILES string of the molecule is C.CCCCC/C=C\C/C=C\CCCCCCCC(=O)C(C)(C)C. The molecule has 0 spiro atoms. The Kier molecular flexibility index (Phi) is 18.0. The highest BCUT2D eigenvalue weighted by atomic mass is 16.1. The first-order chi connectivity index (χ1) is 11.0. The van der Waals surface area contributed by atoms with Gasteiger partial charge in [0.2, 0.25) is 0 Å². The van der Waals surface area contributed by atoms with Crippen LogP contribution < -0.4 is 0 Å². The van der Waals surface area contributed by atoms with Crippen molar-refractivity contribution in [2.75, 3.05) is 0 Å². The quantitative estimate of drug-likeness (QED) is 0.231. The predicted molar refractivity (Wildman–Crippen MR) is 111 cm³/mol. The molecule has 0 aromatic heterocycles. The summed E-state index contributed by atoms with van der Waals surface area (Å²) in [6, 6.07) is 0. The van der Waals surface area contributed by atoms with Gasteiger partial charge >= 0.3 is 0 Å². The van der Waals surface area contributed by atoms with Crippen LogP contribution in [-0.2, 0) is 4.79 Å². The van der Waals surface area contributed by atoms with Crippen molar-refractivity contribution in [1.29, 1.82) is 0 Å². The van der Waals surface area contributed by atoms with E-state index in [2.05, 4.69) is 31.2 Å². The van der Waals surface area contributed by atoms with Crippen LogP contribution in [0, 0.1) is 5.41 Å². The van der Waals surface area contributed by atoms with E-state index < -0.39 is 0 Å². The van der Waals surface area contributed by atoms with Crippen LogP contribution >= 0.6 is 0 Å². The number of hydrogen-bond acceptors (Lipinski definition) is 1. The Morgan fingerprint density at radius 3 is 1.79 bits per heavy atom. The van der Waals surface area contributed by atoms with Gasteiger partial charge in [-0.05, 0) is 38.5 Å². The van der Waals surface area contributed by atoms with Crippen molar-refractivity contribution in [3.8, 4) is 0 Å². The summed E-state index contributed by atoms with van der Waals surface area (Å²) in [5, 5.41) is 0. The summed E-state index contributed by atoms with van der Waals surface area (Å²) in [4.78, 5) is 11.8. The molecule has 0 amide bonds. The molecule has 1 heteroatoms. The van der Waals surface area contributed by atoms with Gasteiger partial charge in [0, 0.05) is 11.8 Å². The van der Waals surface area contributed by atoms with Crippen molar-refractivity contribution in [2.24, 2.45) is 5.41 Å². The number of carbonyl (C=O) groups excluding carboxylic acids is 1. The zero-order valence-electron chi connectivity index (χ0n) is 16.2. The van der Waals surface area contributed by atoms with Crippen LogP contribution in [0.3, 0.4) is 0 Å². The first-order valence-electron chi connectivity index (χ1n) is 9.81. The van der Waals surface area contributed by atoms with E-state index in [1.807, 2.05) is 20.8 Å². The van der Waals surface area contributed by atoms with Gasteiger partial charge in [0.25, 0.3) is 0 Å². The summed E-state index contributed by atoms with van der Waals surface area (Å²) in [6.45, 7) is 8.30. The van der Waals surface area contributed by atoms with Gasteiger partial charge in [-0.3, -0.25) is 4.79 Å². The molecule has 0 rings (SSSR count). The standard InChI is InChI=1S/C22H40O.CH4/c1-5-6-7-8-9-10-11-12-13-14-15-16-17-18-19-20-21(23)22(2,3)4;/h9-10,12-13H,5-8,11,14-20H2,1-4H3;1H4/b10-9-,13-12-;. The molecule has 0 aromatic rings. The number of rotatable bonds is 14. The summed E-state index contributed by atoms with van der Waals surface area (Å²) in [6.07, 6.45) is 23.6. The second kappa shape index (κ2) is 17.0. The lowest BCUT2D eigenvalue weighted by molar-refractivity contribution is -0.126. The molecular weight excluding hydrogens is 292 g/mol. The molecule has 1 nitrogen and oxygen atoms in total. The van der Waals surface area contributed by atoms with Crippen LogP contribution in [0.25, 0.3) is 0 Å². The van der Waals surface area contributed by atoms with E-state index in [-0.39, 0.29) is 12.8 Å². The number of carbonyl (C=O) groups is 1. The van der Waals surface area contributed by atoms with Crippen molar-refractivity contribution in [3.05, 3.63) is 24.3 Å². The summed E-state index contributed by atoms with van der Waals surface area (Å²) >= 11 is 0. The molecule has 0 heterocycles. The van der Waals surface area contributed by atoms with Crippen molar-refractivity contribution in [1.82, 2.24) is 0 Å². The molecule has 24 heavy (non-hydrogen) atoms. The molecule has 0 N–H and O–H groups in total. The molecule has 0 aliphatic heterocycles. The molecule has 0 aliphatic rings. The smallest absolute Gasteiger partial charge is 0.138 e. The normalized spacial score (nSPS) is 12.0. The highest BCUT2D eigenvalue weighted by Crippen LogP contribution is 2.19. The molecule has 0 unspecified atom stereocenters. The van der Waals surface area contributed by atoms with Gasteiger partial charge in [-0.2, -0.15) is 0 Å². The lowest BCUT2D eigenvalue weighted by Gasteiger charge is -2.16. The van der Waals surface area contributed by atoms with Gasteiger partial charge in [-0.1, -0.05) is 91.5 Å². The van der Waals surface area contributed by atoms with Gasteiger partial charge in [0.1, 0.15) is 5.78 Å². The fraction of sp³-hybridized carbons (Fsp3) is 0.783. The summed E-state index contributed by atoms with van der Waals surface area (Å²) in [5.41, 5.74) is -0.157. The average molecular weight is 337 g/mol. The second-order valence-corrected chi connectivity index (χ2v) is 7.65. The molecule has 0 atom stereocenters. The Morgan fingerprint density at radius 1 is 0.750 bits per heavy atom. The first kappa shape index (κ1) is 25.4. The summed E-state index contributed by atoms with van der Waals surface area (Å²) < 4.78 is 0. The predicted octanol–water partition coefficient (Wildman–Crippen LogP) is 8.05. The molecule has 0 aromatic carbocycles. The van der Waals surface area contributed by atoms with E-state index >= 15 is 0 Å². The minimum absolute atomic E-state index is 0. The van der Waals surface area contributed by atoms with Gasteiger partial charge in [0.15, 0.2) is 0 Å². The lowest BCUT2D eigenvalue weighted by atomic mass is 9.88. The molecule has 142 valence electrons. The van der Waals surface area contributed by atoms with Crippen molar-refractivity contribution >= 4 is 5.78 Å². The maximum atomic E-state index is 11.8. The fourth-order valence-electron chi connectivity index (χ4n) is 2.47. The Bertz CT molecular complexity index is 330. The Labute approximate surface area is 153 Å². The lowest BCUT2D eigenvalue weighted by Crippen LogP contribution is -2.19. The molecular formula is C23H44O. The second-order valence-electron chi connectivity index (χ2n) is 7.65. The van der Waals surface area contributed by atoms with E-state index in [0.717, 1.165) is 19.3 Å². The van der Waals surface area contributed by atoms with Gasteiger partial charge in [0.05, 0.1) is 0 Å². The third-order valence-corrected chi connectivity index (χ3v) is 4.19. The monoisotopic (exact) mass is 336 g/mol. The largest absolute Gasteiger partial charge is 0.299 e. The molecule has 0 fully saturated rings. The van der Waals surface area contributed by atoms with Crippen LogP contribution in [0.2, 0.25) is 0 Å². The average Bonchev–Trinajstić information content (AvgIpc) is 2.50. The highest BCUT2D eigenvalue weighted by molar-refractivity contribution is 5.83. The van der Waals surface area contributed by atoms with Gasteiger partial charge in [-0.15, -0.1) is 0 Å². The maximum absolute atomic E-state index is 11.8. The number of hydrogen-bond donors (Lipinski definition) is 0. The third kappa shape index (κ3) is 17.5. The Balaban J connectivity index is 0. The topological polar surface area (TPSA) is 17.1 Å². The number of Topliss-reactive ketones (excluding diaryl/α,β-unsaturated/α-hetero) is 1. The molecule has 0 saturated heterocycles. The van der Waals surface area contributed by atoms with Crippen LogP contribution in [0.5, 0.6) is 0 Å². The Morgan fingerprint density at radius 2 is 1.25 bits per heavy atom. The zero-order valence-corrected chi connectivity index (χ0v) is 16.2. The minimum atomic E-state index is -0.157. The number of unbranched alkanes of at least 4 members (excludes halogenated alkanes) is 8. The van der Waals surface area contributed by atoms with Crippen LogP contribution in [0.1, 0.15) is 112 Å². The number of ketones is 1. The summed E-state index contributed by atoms with van der Waals surface area (Å²) in [5.74, 6) is 0.406. The van der Waals surface area contributed by atoms with Gasteiger partial charge < -0.3 is 0 Å². The van der Waals surface area contributed by atoms with E-state index in [1.54, 1.807) is 0 Å². The van der Waals surface area contributed by atoms with Crippen molar-refractivity contribution in [3.63, 3.8) is 0 Å². The van der Waals surface area contributed by atoms with Crippen LogP contribution in [0.4, 0.5) is 0 Å². The molecule has 0 aliphatic carbocycles. The molecule has 0 saturated carbocycles. The van der Waals surface area contributed by atoms with Crippen molar-refractivity contribution < 1.29 is 4.79 Å². The van der Waals surface area contributed by atoms with E-state index in [0.29, 0.717) is 5.78 Å². The molecule has 0 radical (unpaired) electrons. The van der Waals surface area contributed by atoms with Crippen LogP contribution in [-0.4, -0.2) is 5.78 Å². The number of allylic oxidation sites excluding steroid dienone is 4. The first-order valence-corrected chi connectivity index (χ1v) is 9.81. The highest BCUT2D eigenvalue weighted by Gasteiger charge is 2.19. The van der Waals surface area contributed by atoms with Gasteiger partial charge in [-0.25, -0.2) is 0 Å². The zero-order chi connectivity index (χ0) is 17.4. The molecule has 0 bridgehead atoms. The summed E-state index contributed by atoms with van der Waals surface area (Å²) in [7, 11) is 0.